The summed E-state index contributed by atoms with van der Waals surface area (Å²) in [6, 6.07) is 4.34. The molecule has 5 heteroatoms. The Morgan fingerprint density at radius 2 is 2.32 bits per heavy atom. The monoisotopic (exact) mass is 260 g/mol. The number of ether oxygens (including phenoxy) is 1. The number of nitrogens with one attached hydrogen (secondary N) is 1. The standard InChI is InChI=1S/C14H15NO4/c16-13-11(7-8-3-2-6-19-8)15-10-5-1-4-9(12(10)13)14(17)18/h1,4-5,8,11,15H,2-3,6-7H2,(H,17,18)/p-1/t8-,11+/m1/s1. The number of hydrogen-bond acceptors (Lipinski definition) is 5. The number of anilines is 1. The molecule has 1 fully saturated rings. The van der Waals surface area contributed by atoms with Gasteiger partial charge in [-0.15, -0.1) is 0 Å². The number of carboxylic acids is 1. The number of carbonyl (C=O) groups is 2. The fourth-order valence-electron chi connectivity index (χ4n) is 2.79. The lowest BCUT2D eigenvalue weighted by Gasteiger charge is -2.14. The van der Waals surface area contributed by atoms with Crippen molar-refractivity contribution in [2.24, 2.45) is 0 Å². The van der Waals surface area contributed by atoms with Gasteiger partial charge in [-0.1, -0.05) is 12.1 Å². The molecular weight excluding hydrogens is 246 g/mol. The molecule has 0 spiro atoms. The summed E-state index contributed by atoms with van der Waals surface area (Å²) in [5.74, 6) is -1.49. The van der Waals surface area contributed by atoms with Crippen molar-refractivity contribution in [3.8, 4) is 0 Å². The summed E-state index contributed by atoms with van der Waals surface area (Å²) < 4.78 is 5.52. The Labute approximate surface area is 110 Å². The molecule has 0 amide bonds. The molecule has 2 atom stereocenters. The lowest BCUT2D eigenvalue weighted by atomic mass is 9.98. The van der Waals surface area contributed by atoms with E-state index < -0.39 is 12.0 Å². The molecule has 3 rings (SSSR count). The minimum absolute atomic E-state index is 0.0372. The molecule has 0 unspecified atom stereocenters. The van der Waals surface area contributed by atoms with Crippen LogP contribution >= 0.6 is 0 Å². The smallest absolute Gasteiger partial charge is 0.187 e. The number of rotatable bonds is 3. The highest BCUT2D eigenvalue weighted by Gasteiger charge is 2.34. The Bertz CT molecular complexity index is 534. The molecule has 1 aromatic rings. The van der Waals surface area contributed by atoms with Crippen molar-refractivity contribution in [3.05, 3.63) is 29.3 Å². The van der Waals surface area contributed by atoms with E-state index in [1.165, 1.54) is 6.07 Å². The van der Waals surface area contributed by atoms with E-state index in [1.54, 1.807) is 12.1 Å². The SMILES string of the molecule is O=C([O-])c1cccc2c1C(=O)[C@H](C[C@H]1CCCO1)N2. The molecule has 5 nitrogen and oxygen atoms in total. The van der Waals surface area contributed by atoms with Crippen molar-refractivity contribution in [3.63, 3.8) is 0 Å². The van der Waals surface area contributed by atoms with Gasteiger partial charge in [0.1, 0.15) is 0 Å². The van der Waals surface area contributed by atoms with Crippen LogP contribution in [-0.4, -0.2) is 30.5 Å². The first-order valence-corrected chi connectivity index (χ1v) is 6.43. The Morgan fingerprint density at radius 1 is 1.47 bits per heavy atom. The molecule has 0 aromatic heterocycles. The van der Waals surface area contributed by atoms with Crippen molar-refractivity contribution >= 4 is 17.4 Å². The summed E-state index contributed by atoms with van der Waals surface area (Å²) in [5.41, 5.74) is 0.782. The van der Waals surface area contributed by atoms with Gasteiger partial charge in [-0.2, -0.15) is 0 Å². The Kier molecular flexibility index (Phi) is 2.98. The van der Waals surface area contributed by atoms with Gasteiger partial charge in [0.05, 0.1) is 23.7 Å². The lowest BCUT2D eigenvalue weighted by Crippen LogP contribution is -2.29. The third kappa shape index (κ3) is 2.10. The third-order valence-electron chi connectivity index (χ3n) is 3.70. The predicted octanol–water partition coefficient (Wildman–Crippen LogP) is 0.596. The molecule has 2 heterocycles. The molecule has 0 radical (unpaired) electrons. The third-order valence-corrected chi connectivity index (χ3v) is 3.70. The number of ketones is 1. The molecule has 0 bridgehead atoms. The van der Waals surface area contributed by atoms with Gasteiger partial charge < -0.3 is 20.0 Å². The quantitative estimate of drug-likeness (QED) is 0.860. The van der Waals surface area contributed by atoms with Gasteiger partial charge in [0.15, 0.2) is 5.78 Å². The molecule has 1 aromatic carbocycles. The number of Topliss-reactive ketones (excluding diaryl/α,β-unsaturated/α-hetero) is 1. The Balaban J connectivity index is 1.85. The van der Waals surface area contributed by atoms with Gasteiger partial charge in [-0.05, 0) is 18.9 Å². The molecule has 1 N–H and O–H groups in total. The molecule has 1 saturated heterocycles. The zero-order valence-corrected chi connectivity index (χ0v) is 10.3. The van der Waals surface area contributed by atoms with Crippen LogP contribution in [0.1, 0.15) is 40.0 Å². The molecule has 0 aliphatic carbocycles. The average molecular weight is 260 g/mol. The van der Waals surface area contributed by atoms with Gasteiger partial charge in [-0.3, -0.25) is 4.79 Å². The van der Waals surface area contributed by atoms with E-state index in [4.69, 9.17) is 4.74 Å². The second kappa shape index (κ2) is 4.66. The van der Waals surface area contributed by atoms with E-state index in [0.29, 0.717) is 12.1 Å². The molecule has 2 aliphatic heterocycles. The molecule has 0 saturated carbocycles. The van der Waals surface area contributed by atoms with E-state index in [9.17, 15) is 14.7 Å². The second-order valence-corrected chi connectivity index (χ2v) is 4.95. The maximum Gasteiger partial charge on any atom is 0.187 e. The van der Waals surface area contributed by atoms with Crippen LogP contribution in [0.15, 0.2) is 18.2 Å². The number of carbonyl (C=O) groups excluding carboxylic acids is 2. The van der Waals surface area contributed by atoms with Gasteiger partial charge in [0.25, 0.3) is 0 Å². The molecular formula is C14H14NO4-. The lowest BCUT2D eigenvalue weighted by molar-refractivity contribution is -0.255. The highest BCUT2D eigenvalue weighted by Crippen LogP contribution is 2.31. The number of fused-ring (bicyclic) bond motifs is 1. The zero-order chi connectivity index (χ0) is 13.4. The van der Waals surface area contributed by atoms with Gasteiger partial charge in [0.2, 0.25) is 0 Å². The van der Waals surface area contributed by atoms with Crippen LogP contribution in [0.2, 0.25) is 0 Å². The van der Waals surface area contributed by atoms with E-state index in [-0.39, 0.29) is 23.0 Å². The topological polar surface area (TPSA) is 78.5 Å². The summed E-state index contributed by atoms with van der Waals surface area (Å²) >= 11 is 0. The number of hydrogen-bond donors (Lipinski definition) is 1. The maximum atomic E-state index is 12.3. The normalized spacial score (nSPS) is 25.2. The van der Waals surface area contributed by atoms with E-state index in [0.717, 1.165) is 19.4 Å². The molecule has 2 aliphatic rings. The summed E-state index contributed by atoms with van der Waals surface area (Å²) in [6.45, 7) is 0.739. The van der Waals surface area contributed by atoms with Crippen LogP contribution in [0, 0.1) is 0 Å². The number of benzene rings is 1. The number of aromatic carboxylic acids is 1. The van der Waals surface area contributed by atoms with Crippen molar-refractivity contribution < 1.29 is 19.4 Å². The van der Waals surface area contributed by atoms with Crippen molar-refractivity contribution in [2.45, 2.75) is 31.4 Å². The Hall–Kier alpha value is -1.88. The summed E-state index contributed by atoms with van der Waals surface area (Å²) in [6.07, 6.45) is 2.64. The first-order valence-electron chi connectivity index (χ1n) is 6.43. The van der Waals surface area contributed by atoms with Gasteiger partial charge in [-0.25, -0.2) is 0 Å². The average Bonchev–Trinajstić information content (AvgIpc) is 2.99. The Morgan fingerprint density at radius 3 is 3.00 bits per heavy atom. The van der Waals surface area contributed by atoms with Crippen LogP contribution in [0.25, 0.3) is 0 Å². The zero-order valence-electron chi connectivity index (χ0n) is 10.3. The maximum absolute atomic E-state index is 12.3. The predicted molar refractivity (Wildman–Crippen MR) is 66.1 cm³/mol. The largest absolute Gasteiger partial charge is 0.545 e. The summed E-state index contributed by atoms with van der Waals surface area (Å²) in [4.78, 5) is 23.3. The number of carboxylic acid groups (broad SMARTS) is 1. The van der Waals surface area contributed by atoms with Crippen LogP contribution in [-0.2, 0) is 4.74 Å². The minimum atomic E-state index is -1.32. The fraction of sp³-hybridized carbons (Fsp3) is 0.429. The van der Waals surface area contributed by atoms with E-state index in [2.05, 4.69) is 5.32 Å². The molecule has 19 heavy (non-hydrogen) atoms. The van der Waals surface area contributed by atoms with Crippen LogP contribution in [0.5, 0.6) is 0 Å². The first-order chi connectivity index (χ1) is 9.16. The minimum Gasteiger partial charge on any atom is -0.545 e. The van der Waals surface area contributed by atoms with E-state index >= 15 is 0 Å². The van der Waals surface area contributed by atoms with Crippen molar-refractivity contribution in [2.75, 3.05) is 11.9 Å². The summed E-state index contributed by atoms with van der Waals surface area (Å²) in [5, 5.41) is 14.1. The second-order valence-electron chi connectivity index (χ2n) is 4.95. The van der Waals surface area contributed by atoms with Crippen LogP contribution in [0.3, 0.4) is 0 Å². The van der Waals surface area contributed by atoms with Crippen LogP contribution < -0.4 is 10.4 Å². The van der Waals surface area contributed by atoms with E-state index in [1.807, 2.05) is 0 Å². The molecule has 100 valence electrons. The first kappa shape index (κ1) is 12.2. The summed E-state index contributed by atoms with van der Waals surface area (Å²) in [7, 11) is 0. The van der Waals surface area contributed by atoms with Gasteiger partial charge in [0, 0.05) is 24.3 Å². The van der Waals surface area contributed by atoms with Crippen molar-refractivity contribution in [1.29, 1.82) is 0 Å². The van der Waals surface area contributed by atoms with Crippen LogP contribution in [0.4, 0.5) is 5.69 Å². The highest BCUT2D eigenvalue weighted by molar-refractivity contribution is 6.15. The highest BCUT2D eigenvalue weighted by atomic mass is 16.5. The van der Waals surface area contributed by atoms with Gasteiger partial charge >= 0.3 is 0 Å². The van der Waals surface area contributed by atoms with Crippen molar-refractivity contribution in [1.82, 2.24) is 0 Å². The fourth-order valence-corrected chi connectivity index (χ4v) is 2.79.